The fourth-order valence-electron chi connectivity index (χ4n) is 1.92. The molecule has 0 fully saturated rings. The topological polar surface area (TPSA) is 46.5 Å². The molecule has 0 atom stereocenters. The van der Waals surface area contributed by atoms with Gasteiger partial charge in [0.2, 0.25) is 0 Å². The summed E-state index contributed by atoms with van der Waals surface area (Å²) < 4.78 is 4.61. The highest BCUT2D eigenvalue weighted by Gasteiger charge is 2.17. The zero-order valence-corrected chi connectivity index (χ0v) is 9.97. The van der Waals surface area contributed by atoms with Crippen molar-refractivity contribution < 1.29 is 14.6 Å². The van der Waals surface area contributed by atoms with Crippen LogP contribution >= 0.6 is 11.3 Å². The molecule has 3 nitrogen and oxygen atoms in total. The molecule has 0 unspecified atom stereocenters. The normalized spacial score (nSPS) is 17.2. The van der Waals surface area contributed by atoms with Crippen molar-refractivity contribution in [2.24, 2.45) is 0 Å². The van der Waals surface area contributed by atoms with Crippen molar-refractivity contribution in [1.29, 1.82) is 0 Å². The zero-order valence-electron chi connectivity index (χ0n) is 9.16. The van der Waals surface area contributed by atoms with E-state index in [0.29, 0.717) is 0 Å². The molecule has 0 bridgehead atoms. The first kappa shape index (κ1) is 11.4. The van der Waals surface area contributed by atoms with Crippen LogP contribution in [0.1, 0.15) is 21.7 Å². The Balaban J connectivity index is 2.17. The van der Waals surface area contributed by atoms with Gasteiger partial charge in [0.05, 0.1) is 13.7 Å². The Hall–Kier alpha value is -1.13. The number of rotatable bonds is 2. The lowest BCUT2D eigenvalue weighted by Crippen LogP contribution is -2.05. The van der Waals surface area contributed by atoms with Crippen LogP contribution in [0.25, 0.3) is 0 Å². The summed E-state index contributed by atoms with van der Waals surface area (Å²) in [5.74, 6) is -0.281. The molecular formula is C12H14O3S. The van der Waals surface area contributed by atoms with Crippen LogP contribution in [0.3, 0.4) is 0 Å². The average Bonchev–Trinajstić information content (AvgIpc) is 2.71. The van der Waals surface area contributed by atoms with Crippen molar-refractivity contribution in [3.8, 4) is 0 Å². The standard InChI is InChI=1S/C12H14O3S/c1-15-12(14)5-8-2-3-11-9(4-8)6-10(7-13)16-11/h5-6,13H,2-4,7H2,1H3. The molecule has 1 aliphatic rings. The number of hydrogen-bond donors (Lipinski definition) is 1. The number of thiophene rings is 1. The van der Waals surface area contributed by atoms with Gasteiger partial charge in [0, 0.05) is 15.8 Å². The van der Waals surface area contributed by atoms with E-state index in [9.17, 15) is 4.79 Å². The number of aliphatic hydroxyl groups is 1. The Morgan fingerprint density at radius 1 is 1.62 bits per heavy atom. The molecule has 86 valence electrons. The molecule has 1 aliphatic carbocycles. The number of esters is 1. The van der Waals surface area contributed by atoms with Crippen molar-refractivity contribution in [2.45, 2.75) is 25.9 Å². The lowest BCUT2D eigenvalue weighted by atomic mass is 9.93. The van der Waals surface area contributed by atoms with Gasteiger partial charge >= 0.3 is 5.97 Å². The number of aryl methyl sites for hydroxylation is 1. The second-order valence-corrected chi connectivity index (χ2v) is 5.04. The van der Waals surface area contributed by atoms with Crippen molar-refractivity contribution in [3.63, 3.8) is 0 Å². The molecule has 1 aromatic heterocycles. The van der Waals surface area contributed by atoms with E-state index in [1.165, 1.54) is 17.6 Å². The lowest BCUT2D eigenvalue weighted by molar-refractivity contribution is -0.134. The summed E-state index contributed by atoms with van der Waals surface area (Å²) in [5, 5.41) is 9.06. The van der Waals surface area contributed by atoms with Gasteiger partial charge in [0.15, 0.2) is 0 Å². The number of fused-ring (bicyclic) bond motifs is 1. The Bertz CT molecular complexity index is 431. The van der Waals surface area contributed by atoms with Crippen LogP contribution in [-0.4, -0.2) is 18.2 Å². The molecule has 4 heteroatoms. The second-order valence-electron chi connectivity index (χ2n) is 3.82. The number of allylic oxidation sites excluding steroid dienone is 1. The van der Waals surface area contributed by atoms with Crippen molar-refractivity contribution in [2.75, 3.05) is 7.11 Å². The predicted molar refractivity (Wildman–Crippen MR) is 62.4 cm³/mol. The molecule has 16 heavy (non-hydrogen) atoms. The van der Waals surface area contributed by atoms with Gasteiger partial charge in [0.1, 0.15) is 0 Å². The molecule has 0 aliphatic heterocycles. The van der Waals surface area contributed by atoms with Gasteiger partial charge in [0.25, 0.3) is 0 Å². The van der Waals surface area contributed by atoms with Gasteiger partial charge < -0.3 is 9.84 Å². The van der Waals surface area contributed by atoms with Crippen LogP contribution in [0.5, 0.6) is 0 Å². The van der Waals surface area contributed by atoms with E-state index in [0.717, 1.165) is 29.7 Å². The third kappa shape index (κ3) is 2.33. The first-order chi connectivity index (χ1) is 7.72. The molecule has 0 spiro atoms. The van der Waals surface area contributed by atoms with E-state index in [2.05, 4.69) is 4.74 Å². The lowest BCUT2D eigenvalue weighted by Gasteiger charge is -2.13. The third-order valence-electron chi connectivity index (χ3n) is 2.72. The van der Waals surface area contributed by atoms with Crippen molar-refractivity contribution in [1.82, 2.24) is 0 Å². The number of aliphatic hydroxyl groups excluding tert-OH is 1. The molecular weight excluding hydrogens is 224 g/mol. The molecule has 0 saturated heterocycles. The summed E-state index contributed by atoms with van der Waals surface area (Å²) in [6.07, 6.45) is 4.26. The van der Waals surface area contributed by atoms with Crippen molar-refractivity contribution >= 4 is 17.3 Å². The molecule has 0 saturated carbocycles. The summed E-state index contributed by atoms with van der Waals surface area (Å²) in [6.45, 7) is 0.105. The van der Waals surface area contributed by atoms with Crippen LogP contribution in [0.4, 0.5) is 0 Å². The van der Waals surface area contributed by atoms with Crippen LogP contribution in [0.2, 0.25) is 0 Å². The van der Waals surface area contributed by atoms with E-state index in [-0.39, 0.29) is 12.6 Å². The van der Waals surface area contributed by atoms with Gasteiger partial charge in [-0.25, -0.2) is 4.79 Å². The maximum absolute atomic E-state index is 11.1. The highest BCUT2D eigenvalue weighted by atomic mass is 32.1. The largest absolute Gasteiger partial charge is 0.466 e. The highest BCUT2D eigenvalue weighted by molar-refractivity contribution is 7.12. The SMILES string of the molecule is COC(=O)C=C1CCc2sc(CO)cc2C1. The fourth-order valence-corrected chi connectivity index (χ4v) is 2.97. The minimum atomic E-state index is -0.281. The smallest absolute Gasteiger partial charge is 0.330 e. The Kier molecular flexibility index (Phi) is 3.41. The monoisotopic (exact) mass is 238 g/mol. The van der Waals surface area contributed by atoms with E-state index in [1.54, 1.807) is 17.4 Å². The maximum atomic E-state index is 11.1. The Labute approximate surface area is 98.4 Å². The summed E-state index contributed by atoms with van der Waals surface area (Å²) >= 11 is 1.67. The number of carbonyl (C=O) groups excluding carboxylic acids is 1. The number of ether oxygens (including phenoxy) is 1. The van der Waals surface area contributed by atoms with E-state index >= 15 is 0 Å². The van der Waals surface area contributed by atoms with Gasteiger partial charge in [-0.2, -0.15) is 0 Å². The second kappa shape index (κ2) is 4.80. The molecule has 1 N–H and O–H groups in total. The van der Waals surface area contributed by atoms with Crippen molar-refractivity contribution in [3.05, 3.63) is 33.0 Å². The average molecular weight is 238 g/mol. The quantitative estimate of drug-likeness (QED) is 0.631. The predicted octanol–water partition coefficient (Wildman–Crippen LogP) is 1.83. The van der Waals surface area contributed by atoms with Gasteiger partial charge in [-0.05, 0) is 30.9 Å². The molecule has 1 heterocycles. The highest BCUT2D eigenvalue weighted by Crippen LogP contribution is 2.32. The zero-order chi connectivity index (χ0) is 11.5. The maximum Gasteiger partial charge on any atom is 0.330 e. The van der Waals surface area contributed by atoms with Crippen LogP contribution < -0.4 is 0 Å². The summed E-state index contributed by atoms with van der Waals surface area (Å²) in [4.78, 5) is 13.5. The molecule has 2 rings (SSSR count). The van der Waals surface area contributed by atoms with Gasteiger partial charge in [-0.3, -0.25) is 0 Å². The molecule has 0 aromatic carbocycles. The Morgan fingerprint density at radius 3 is 3.12 bits per heavy atom. The van der Waals surface area contributed by atoms with E-state index in [4.69, 9.17) is 5.11 Å². The molecule has 0 amide bonds. The van der Waals surface area contributed by atoms with Crippen LogP contribution in [0, 0.1) is 0 Å². The summed E-state index contributed by atoms with van der Waals surface area (Å²) in [6, 6.07) is 2.03. The van der Waals surface area contributed by atoms with E-state index < -0.39 is 0 Å². The van der Waals surface area contributed by atoms with E-state index in [1.807, 2.05) is 6.07 Å². The minimum absolute atomic E-state index is 0.105. The van der Waals surface area contributed by atoms with Gasteiger partial charge in [-0.15, -0.1) is 11.3 Å². The fraction of sp³-hybridized carbons (Fsp3) is 0.417. The first-order valence-electron chi connectivity index (χ1n) is 5.21. The number of carbonyl (C=O) groups is 1. The van der Waals surface area contributed by atoms with Gasteiger partial charge in [-0.1, -0.05) is 5.57 Å². The van der Waals surface area contributed by atoms with Crippen LogP contribution in [0.15, 0.2) is 17.7 Å². The molecule has 0 radical (unpaired) electrons. The van der Waals surface area contributed by atoms with Crippen LogP contribution in [-0.2, 0) is 29.0 Å². The summed E-state index contributed by atoms with van der Waals surface area (Å²) in [5.41, 5.74) is 2.36. The Morgan fingerprint density at radius 2 is 2.44 bits per heavy atom. The minimum Gasteiger partial charge on any atom is -0.466 e. The molecule has 1 aromatic rings. The number of methoxy groups -OCH3 is 1. The first-order valence-corrected chi connectivity index (χ1v) is 6.03. The third-order valence-corrected chi connectivity index (χ3v) is 3.94. The summed E-state index contributed by atoms with van der Waals surface area (Å²) in [7, 11) is 1.39. The number of hydrogen-bond acceptors (Lipinski definition) is 4.